The van der Waals surface area contributed by atoms with Gasteiger partial charge in [-0.1, -0.05) is 36.4 Å². The molecule has 0 amide bonds. The Kier molecular flexibility index (Phi) is 4.17. The fourth-order valence-corrected chi connectivity index (χ4v) is 3.56. The van der Waals surface area contributed by atoms with E-state index in [0.29, 0.717) is 0 Å². The van der Waals surface area contributed by atoms with Gasteiger partial charge in [-0.2, -0.15) is 0 Å². The van der Waals surface area contributed by atoms with Gasteiger partial charge in [-0.05, 0) is 43.2 Å². The van der Waals surface area contributed by atoms with Crippen molar-refractivity contribution < 1.29 is 0 Å². The summed E-state index contributed by atoms with van der Waals surface area (Å²) in [5, 5.41) is 4.51. The number of hydrogen-bond donors (Lipinski definition) is 2. The van der Waals surface area contributed by atoms with Crippen LogP contribution >= 0.6 is 0 Å². The Bertz CT molecular complexity index is 1310. The van der Waals surface area contributed by atoms with Crippen molar-refractivity contribution >= 4 is 27.9 Å². The smallest absolute Gasteiger partial charge is 0.177 e. The Labute approximate surface area is 168 Å². The molecule has 0 saturated heterocycles. The summed E-state index contributed by atoms with van der Waals surface area (Å²) in [6, 6.07) is 18.7. The quantitative estimate of drug-likeness (QED) is 0.456. The van der Waals surface area contributed by atoms with Gasteiger partial charge in [0.2, 0.25) is 0 Å². The lowest BCUT2D eigenvalue weighted by molar-refractivity contribution is 0.876. The molecule has 3 aromatic heterocycles. The number of fused-ring (bicyclic) bond motifs is 2. The molecule has 5 rings (SSSR count). The fourth-order valence-electron chi connectivity index (χ4n) is 3.56. The molecule has 1 atom stereocenters. The molecule has 3 heterocycles. The van der Waals surface area contributed by atoms with Crippen molar-refractivity contribution in [3.8, 4) is 11.1 Å². The van der Waals surface area contributed by atoms with Crippen LogP contribution in [-0.2, 0) is 0 Å². The van der Waals surface area contributed by atoms with E-state index in [1.165, 1.54) is 5.56 Å². The minimum Gasteiger partial charge on any atom is -0.363 e. The molecular weight excluding hydrogens is 360 g/mol. The highest BCUT2D eigenvalue weighted by molar-refractivity contribution is 5.93. The molecule has 0 fully saturated rings. The average Bonchev–Trinajstić information content (AvgIpc) is 3.13. The number of rotatable bonds is 4. The molecule has 2 N–H and O–H groups in total. The van der Waals surface area contributed by atoms with E-state index in [2.05, 4.69) is 67.5 Å². The predicted molar refractivity (Wildman–Crippen MR) is 116 cm³/mol. The van der Waals surface area contributed by atoms with Crippen molar-refractivity contribution in [1.82, 2.24) is 24.9 Å². The molecule has 0 aliphatic carbocycles. The summed E-state index contributed by atoms with van der Waals surface area (Å²) in [5.41, 5.74) is 5.85. The summed E-state index contributed by atoms with van der Waals surface area (Å²) < 4.78 is 0. The van der Waals surface area contributed by atoms with Crippen LogP contribution in [0.4, 0.5) is 5.82 Å². The number of hydrogen-bond acceptors (Lipinski definition) is 5. The Morgan fingerprint density at radius 3 is 2.66 bits per heavy atom. The van der Waals surface area contributed by atoms with Gasteiger partial charge in [-0.3, -0.25) is 0 Å². The molecule has 5 aromatic rings. The Balaban J connectivity index is 1.55. The number of H-pyrrole nitrogens is 1. The van der Waals surface area contributed by atoms with E-state index >= 15 is 0 Å². The molecule has 0 radical (unpaired) electrons. The molecular formula is C23H20N6. The van der Waals surface area contributed by atoms with Crippen molar-refractivity contribution in [3.63, 3.8) is 0 Å². The Morgan fingerprint density at radius 1 is 0.931 bits per heavy atom. The summed E-state index contributed by atoms with van der Waals surface area (Å²) in [4.78, 5) is 21.0. The number of aromatic nitrogens is 5. The number of imidazole rings is 1. The zero-order valence-electron chi connectivity index (χ0n) is 16.2. The number of aromatic amines is 1. The lowest BCUT2D eigenvalue weighted by Gasteiger charge is -2.16. The lowest BCUT2D eigenvalue weighted by atomic mass is 10.0. The summed E-state index contributed by atoms with van der Waals surface area (Å²) >= 11 is 0. The van der Waals surface area contributed by atoms with Crippen LogP contribution in [0, 0.1) is 6.92 Å². The van der Waals surface area contributed by atoms with Crippen molar-refractivity contribution in [3.05, 3.63) is 78.5 Å². The highest BCUT2D eigenvalue weighted by Gasteiger charge is 2.11. The van der Waals surface area contributed by atoms with Gasteiger partial charge in [-0.15, -0.1) is 0 Å². The van der Waals surface area contributed by atoms with Gasteiger partial charge < -0.3 is 10.3 Å². The number of aryl methyl sites for hydroxylation is 1. The number of nitrogens with one attached hydrogen (secondary N) is 2. The van der Waals surface area contributed by atoms with Gasteiger partial charge in [0.05, 0.1) is 11.0 Å². The molecule has 2 aromatic carbocycles. The highest BCUT2D eigenvalue weighted by Crippen LogP contribution is 2.29. The second kappa shape index (κ2) is 6.98. The first-order valence-electron chi connectivity index (χ1n) is 9.56. The standard InChI is InChI=1S/C23H20N6/c1-14(16-6-4-3-5-7-16)27-22-19-10-17(8-9-20(19)25-13-26-22)18-11-21-23(24-12-18)29-15(2)28-21/h3-14H,1-2H3,(H,24,28,29)(H,25,26,27). The summed E-state index contributed by atoms with van der Waals surface area (Å²) in [6.45, 7) is 4.06. The molecule has 0 spiro atoms. The second-order valence-corrected chi connectivity index (χ2v) is 7.15. The largest absolute Gasteiger partial charge is 0.363 e. The maximum absolute atomic E-state index is 4.51. The van der Waals surface area contributed by atoms with Gasteiger partial charge in [0.15, 0.2) is 5.65 Å². The van der Waals surface area contributed by atoms with E-state index < -0.39 is 0 Å². The van der Waals surface area contributed by atoms with E-state index in [1.54, 1.807) is 6.33 Å². The van der Waals surface area contributed by atoms with E-state index in [4.69, 9.17) is 0 Å². The topological polar surface area (TPSA) is 79.4 Å². The minimum atomic E-state index is 0.129. The minimum absolute atomic E-state index is 0.129. The summed E-state index contributed by atoms with van der Waals surface area (Å²) in [7, 11) is 0. The Hall–Kier alpha value is -3.80. The van der Waals surface area contributed by atoms with Gasteiger partial charge in [0.1, 0.15) is 18.0 Å². The van der Waals surface area contributed by atoms with Gasteiger partial charge in [-0.25, -0.2) is 19.9 Å². The fraction of sp³-hybridized carbons (Fsp3) is 0.130. The molecule has 0 aliphatic rings. The van der Waals surface area contributed by atoms with E-state index in [1.807, 2.05) is 37.4 Å². The maximum Gasteiger partial charge on any atom is 0.177 e. The molecule has 0 aliphatic heterocycles. The van der Waals surface area contributed by atoms with Crippen molar-refractivity contribution in [2.75, 3.05) is 5.32 Å². The third-order valence-corrected chi connectivity index (χ3v) is 5.08. The second-order valence-electron chi connectivity index (χ2n) is 7.15. The van der Waals surface area contributed by atoms with Crippen LogP contribution in [0.3, 0.4) is 0 Å². The molecule has 6 heteroatoms. The van der Waals surface area contributed by atoms with Crippen LogP contribution in [0.5, 0.6) is 0 Å². The van der Waals surface area contributed by atoms with E-state index in [-0.39, 0.29) is 6.04 Å². The number of anilines is 1. The number of pyridine rings is 1. The summed E-state index contributed by atoms with van der Waals surface area (Å²) in [6.07, 6.45) is 3.45. The van der Waals surface area contributed by atoms with Crippen LogP contribution in [0.1, 0.15) is 24.4 Å². The van der Waals surface area contributed by atoms with Gasteiger partial charge in [0.25, 0.3) is 0 Å². The normalized spacial score (nSPS) is 12.3. The van der Waals surface area contributed by atoms with Crippen molar-refractivity contribution in [2.45, 2.75) is 19.9 Å². The van der Waals surface area contributed by atoms with Crippen LogP contribution in [-0.4, -0.2) is 24.9 Å². The van der Waals surface area contributed by atoms with Crippen molar-refractivity contribution in [2.24, 2.45) is 0 Å². The number of benzene rings is 2. The molecule has 6 nitrogen and oxygen atoms in total. The van der Waals surface area contributed by atoms with Crippen LogP contribution in [0.15, 0.2) is 67.1 Å². The third-order valence-electron chi connectivity index (χ3n) is 5.08. The highest BCUT2D eigenvalue weighted by atomic mass is 15.0. The first-order valence-corrected chi connectivity index (χ1v) is 9.56. The number of nitrogens with zero attached hydrogens (tertiary/aromatic N) is 4. The molecule has 1 unspecified atom stereocenters. The third kappa shape index (κ3) is 3.29. The molecule has 0 bridgehead atoms. The lowest BCUT2D eigenvalue weighted by Crippen LogP contribution is -2.08. The first-order chi connectivity index (χ1) is 14.2. The Morgan fingerprint density at radius 2 is 1.79 bits per heavy atom. The predicted octanol–water partition coefficient (Wildman–Crippen LogP) is 5.05. The van der Waals surface area contributed by atoms with Crippen LogP contribution in [0.25, 0.3) is 33.2 Å². The van der Waals surface area contributed by atoms with Crippen LogP contribution < -0.4 is 5.32 Å². The molecule has 142 valence electrons. The average molecular weight is 380 g/mol. The van der Waals surface area contributed by atoms with Gasteiger partial charge in [0, 0.05) is 23.2 Å². The van der Waals surface area contributed by atoms with Gasteiger partial charge >= 0.3 is 0 Å². The van der Waals surface area contributed by atoms with E-state index in [0.717, 1.165) is 44.8 Å². The van der Waals surface area contributed by atoms with Crippen LogP contribution in [0.2, 0.25) is 0 Å². The molecule has 29 heavy (non-hydrogen) atoms. The first kappa shape index (κ1) is 17.3. The zero-order valence-corrected chi connectivity index (χ0v) is 16.2. The summed E-state index contributed by atoms with van der Waals surface area (Å²) in [5.74, 6) is 1.68. The zero-order chi connectivity index (χ0) is 19.8. The monoisotopic (exact) mass is 380 g/mol. The SMILES string of the molecule is Cc1nc2ncc(-c3ccc4ncnc(NC(C)c5ccccc5)c4c3)cc2[nH]1. The van der Waals surface area contributed by atoms with Crippen molar-refractivity contribution in [1.29, 1.82) is 0 Å². The van der Waals surface area contributed by atoms with E-state index in [9.17, 15) is 0 Å². The molecule has 0 saturated carbocycles. The maximum atomic E-state index is 4.51.